The van der Waals surface area contributed by atoms with Gasteiger partial charge in [0.2, 0.25) is 0 Å². The van der Waals surface area contributed by atoms with Gasteiger partial charge in [-0.05, 0) is 37.8 Å². The molecule has 0 aliphatic heterocycles. The van der Waals surface area contributed by atoms with Crippen molar-refractivity contribution in [3.05, 3.63) is 16.3 Å². The van der Waals surface area contributed by atoms with Crippen LogP contribution in [0.4, 0.5) is 5.82 Å². The van der Waals surface area contributed by atoms with Gasteiger partial charge in [-0.25, -0.2) is 0 Å². The van der Waals surface area contributed by atoms with Crippen molar-refractivity contribution in [1.29, 1.82) is 0 Å². The van der Waals surface area contributed by atoms with Gasteiger partial charge in [0.1, 0.15) is 0 Å². The molecule has 17 heavy (non-hydrogen) atoms. The molecule has 0 aromatic carbocycles. The number of aliphatic hydroxyl groups is 1. The number of halogens is 1. The smallest absolute Gasteiger partial charge is 0.155 e. The number of nitrogens with one attached hydrogen (secondary N) is 1. The molecule has 0 amide bonds. The molecule has 0 atom stereocenters. The van der Waals surface area contributed by atoms with E-state index in [1.807, 2.05) is 13.8 Å². The van der Waals surface area contributed by atoms with Gasteiger partial charge in [-0.3, -0.25) is 0 Å². The van der Waals surface area contributed by atoms with Gasteiger partial charge < -0.3 is 10.4 Å². The Hall–Kier alpha value is -0.870. The van der Waals surface area contributed by atoms with Gasteiger partial charge in [0.25, 0.3) is 0 Å². The first kappa shape index (κ1) is 14.2. The van der Waals surface area contributed by atoms with Gasteiger partial charge >= 0.3 is 0 Å². The Labute approximate surface area is 107 Å². The van der Waals surface area contributed by atoms with Crippen molar-refractivity contribution in [3.63, 3.8) is 0 Å². The zero-order valence-corrected chi connectivity index (χ0v) is 11.2. The average molecular weight is 258 g/mol. The Morgan fingerprint density at radius 1 is 1.06 bits per heavy atom. The molecule has 0 aliphatic carbocycles. The number of unbranched alkanes of at least 4 members (excludes halogenated alkanes) is 3. The standard InChI is InChI=1S/C12H20ClN3O/c1-9-10(2)12(16-15-11(9)13)14-7-5-3-4-6-8-17/h17H,3-8H2,1-2H3,(H,14,16). The molecule has 5 heteroatoms. The molecule has 0 fully saturated rings. The highest BCUT2D eigenvalue weighted by Gasteiger charge is 2.06. The summed E-state index contributed by atoms with van der Waals surface area (Å²) >= 11 is 5.88. The van der Waals surface area contributed by atoms with E-state index in [2.05, 4.69) is 15.5 Å². The van der Waals surface area contributed by atoms with Crippen LogP contribution < -0.4 is 5.32 Å². The van der Waals surface area contributed by atoms with E-state index in [0.717, 1.165) is 49.2 Å². The second kappa shape index (κ2) is 7.45. The minimum Gasteiger partial charge on any atom is -0.396 e. The van der Waals surface area contributed by atoms with Crippen LogP contribution >= 0.6 is 11.6 Å². The predicted octanol–water partition coefficient (Wildman–Crippen LogP) is 2.71. The molecule has 1 rings (SSSR count). The van der Waals surface area contributed by atoms with Gasteiger partial charge in [-0.1, -0.05) is 24.4 Å². The van der Waals surface area contributed by atoms with Crippen LogP contribution in [0.2, 0.25) is 5.15 Å². The van der Waals surface area contributed by atoms with Gasteiger partial charge in [0.05, 0.1) is 0 Å². The number of aliphatic hydroxyl groups excluding tert-OH is 1. The fraction of sp³-hybridized carbons (Fsp3) is 0.667. The van der Waals surface area contributed by atoms with Gasteiger partial charge in [-0.15, -0.1) is 10.2 Å². The summed E-state index contributed by atoms with van der Waals surface area (Å²) in [6.07, 6.45) is 4.15. The Kier molecular flexibility index (Phi) is 6.22. The number of hydrogen-bond donors (Lipinski definition) is 2. The molecule has 96 valence electrons. The third-order valence-corrected chi connectivity index (χ3v) is 3.20. The second-order valence-electron chi connectivity index (χ2n) is 4.15. The molecule has 1 aromatic heterocycles. The monoisotopic (exact) mass is 257 g/mol. The Bertz CT molecular complexity index is 358. The van der Waals surface area contributed by atoms with E-state index in [0.29, 0.717) is 5.15 Å². The van der Waals surface area contributed by atoms with Crippen molar-refractivity contribution in [2.24, 2.45) is 0 Å². The molecule has 1 heterocycles. The van der Waals surface area contributed by atoms with E-state index >= 15 is 0 Å². The summed E-state index contributed by atoms with van der Waals surface area (Å²) in [5, 5.41) is 20.3. The van der Waals surface area contributed by atoms with Gasteiger partial charge in [0, 0.05) is 13.2 Å². The summed E-state index contributed by atoms with van der Waals surface area (Å²) in [5.74, 6) is 0.814. The van der Waals surface area contributed by atoms with Crippen LogP contribution in [-0.2, 0) is 0 Å². The van der Waals surface area contributed by atoms with Gasteiger partial charge in [-0.2, -0.15) is 0 Å². The lowest BCUT2D eigenvalue weighted by molar-refractivity contribution is 0.283. The predicted molar refractivity (Wildman–Crippen MR) is 70.6 cm³/mol. The minimum absolute atomic E-state index is 0.286. The molecule has 0 bridgehead atoms. The quantitative estimate of drug-likeness (QED) is 0.738. The van der Waals surface area contributed by atoms with E-state index in [-0.39, 0.29) is 6.61 Å². The van der Waals surface area contributed by atoms with E-state index in [9.17, 15) is 0 Å². The number of aromatic nitrogens is 2. The number of anilines is 1. The molecule has 0 radical (unpaired) electrons. The molecule has 0 aliphatic rings. The SMILES string of the molecule is Cc1c(Cl)nnc(NCCCCCCO)c1C. The molecular formula is C12H20ClN3O. The van der Waals surface area contributed by atoms with Crippen molar-refractivity contribution in [1.82, 2.24) is 10.2 Å². The Morgan fingerprint density at radius 2 is 1.76 bits per heavy atom. The maximum Gasteiger partial charge on any atom is 0.155 e. The zero-order chi connectivity index (χ0) is 12.7. The highest BCUT2D eigenvalue weighted by atomic mass is 35.5. The first-order valence-electron chi connectivity index (χ1n) is 6.01. The lowest BCUT2D eigenvalue weighted by atomic mass is 10.2. The van der Waals surface area contributed by atoms with Crippen LogP contribution in [0.15, 0.2) is 0 Å². The summed E-state index contributed by atoms with van der Waals surface area (Å²) in [5.41, 5.74) is 2.03. The molecule has 4 nitrogen and oxygen atoms in total. The minimum atomic E-state index is 0.286. The van der Waals surface area contributed by atoms with E-state index < -0.39 is 0 Å². The maximum atomic E-state index is 8.65. The molecule has 1 aromatic rings. The van der Waals surface area contributed by atoms with Crippen LogP contribution in [0.3, 0.4) is 0 Å². The van der Waals surface area contributed by atoms with Crippen molar-refractivity contribution in [2.45, 2.75) is 39.5 Å². The third-order valence-electron chi connectivity index (χ3n) is 2.84. The number of rotatable bonds is 7. The summed E-state index contributed by atoms with van der Waals surface area (Å²) in [7, 11) is 0. The molecule has 0 saturated heterocycles. The fourth-order valence-electron chi connectivity index (χ4n) is 1.54. The molecular weight excluding hydrogens is 238 g/mol. The van der Waals surface area contributed by atoms with Crippen molar-refractivity contribution in [3.8, 4) is 0 Å². The molecule has 0 saturated carbocycles. The second-order valence-corrected chi connectivity index (χ2v) is 4.51. The average Bonchev–Trinajstić information content (AvgIpc) is 2.33. The van der Waals surface area contributed by atoms with Crippen LogP contribution in [0.5, 0.6) is 0 Å². The molecule has 0 spiro atoms. The Balaban J connectivity index is 2.35. The summed E-state index contributed by atoms with van der Waals surface area (Å²) in [6, 6.07) is 0. The van der Waals surface area contributed by atoms with Crippen LogP contribution in [0.25, 0.3) is 0 Å². The molecule has 0 unspecified atom stereocenters. The summed E-state index contributed by atoms with van der Waals surface area (Å²) in [6.45, 7) is 5.10. The lowest BCUT2D eigenvalue weighted by Gasteiger charge is -2.10. The first-order valence-corrected chi connectivity index (χ1v) is 6.38. The highest BCUT2D eigenvalue weighted by molar-refractivity contribution is 6.30. The topological polar surface area (TPSA) is 58.0 Å². The number of hydrogen-bond acceptors (Lipinski definition) is 4. The van der Waals surface area contributed by atoms with Crippen LogP contribution in [-0.4, -0.2) is 28.5 Å². The van der Waals surface area contributed by atoms with Crippen molar-refractivity contribution < 1.29 is 5.11 Å². The zero-order valence-electron chi connectivity index (χ0n) is 10.5. The van der Waals surface area contributed by atoms with Crippen molar-refractivity contribution in [2.75, 3.05) is 18.5 Å². The highest BCUT2D eigenvalue weighted by Crippen LogP contribution is 2.20. The normalized spacial score (nSPS) is 10.6. The lowest BCUT2D eigenvalue weighted by Crippen LogP contribution is -2.07. The largest absolute Gasteiger partial charge is 0.396 e. The summed E-state index contributed by atoms with van der Waals surface area (Å²) in [4.78, 5) is 0. The Morgan fingerprint density at radius 3 is 2.47 bits per heavy atom. The van der Waals surface area contributed by atoms with E-state index in [1.54, 1.807) is 0 Å². The number of nitrogens with zero attached hydrogens (tertiary/aromatic N) is 2. The van der Waals surface area contributed by atoms with Crippen LogP contribution in [0.1, 0.15) is 36.8 Å². The maximum absolute atomic E-state index is 8.65. The van der Waals surface area contributed by atoms with Gasteiger partial charge in [0.15, 0.2) is 11.0 Å². The van der Waals surface area contributed by atoms with E-state index in [4.69, 9.17) is 16.7 Å². The molecule has 2 N–H and O–H groups in total. The summed E-state index contributed by atoms with van der Waals surface area (Å²) < 4.78 is 0. The van der Waals surface area contributed by atoms with Crippen LogP contribution in [0, 0.1) is 13.8 Å². The fourth-order valence-corrected chi connectivity index (χ4v) is 1.72. The van der Waals surface area contributed by atoms with Crippen molar-refractivity contribution >= 4 is 17.4 Å². The third kappa shape index (κ3) is 4.48. The van der Waals surface area contributed by atoms with E-state index in [1.165, 1.54) is 0 Å². The first-order chi connectivity index (χ1) is 8.16.